The molecule has 0 radical (unpaired) electrons. The van der Waals surface area contributed by atoms with E-state index in [4.69, 9.17) is 10.7 Å². The number of nitrogens with two attached hydrogens (primary N) is 1. The molecule has 2 amide bonds. The van der Waals surface area contributed by atoms with Crippen LogP contribution in [0.3, 0.4) is 0 Å². The van der Waals surface area contributed by atoms with E-state index in [-0.39, 0.29) is 0 Å². The van der Waals surface area contributed by atoms with Crippen molar-refractivity contribution in [2.24, 2.45) is 5.73 Å². The lowest BCUT2D eigenvalue weighted by Crippen LogP contribution is -2.19. The molecule has 0 spiro atoms. The van der Waals surface area contributed by atoms with Crippen molar-refractivity contribution in [1.29, 1.82) is 0 Å². The van der Waals surface area contributed by atoms with Gasteiger partial charge in [0.25, 0.3) is 0 Å². The van der Waals surface area contributed by atoms with Crippen LogP contribution in [0.5, 0.6) is 0 Å². The van der Waals surface area contributed by atoms with Gasteiger partial charge in [0.1, 0.15) is 11.3 Å². The molecule has 0 aliphatic rings. The summed E-state index contributed by atoms with van der Waals surface area (Å²) in [5.74, 6) is 0.783. The average molecular weight is 329 g/mol. The zero-order valence-corrected chi connectivity index (χ0v) is 13.3. The van der Waals surface area contributed by atoms with Gasteiger partial charge in [0.05, 0.1) is 0 Å². The molecule has 2 aromatic carbocycles. The molecule has 122 valence electrons. The van der Waals surface area contributed by atoms with Crippen molar-refractivity contribution in [3.8, 4) is 17.1 Å². The third kappa shape index (κ3) is 2.81. The first-order valence-corrected chi connectivity index (χ1v) is 7.78. The molecule has 0 atom stereocenters. The van der Waals surface area contributed by atoms with E-state index in [1.165, 1.54) is 0 Å². The van der Waals surface area contributed by atoms with E-state index in [1.54, 1.807) is 18.3 Å². The van der Waals surface area contributed by atoms with Gasteiger partial charge >= 0.3 is 6.03 Å². The number of fused-ring (bicyclic) bond motifs is 1. The molecule has 0 aliphatic heterocycles. The zero-order valence-electron chi connectivity index (χ0n) is 13.3. The van der Waals surface area contributed by atoms with Crippen molar-refractivity contribution in [2.45, 2.75) is 0 Å². The number of rotatable bonds is 3. The number of aromatic nitrogens is 3. The standard InChI is InChI=1S/C19H15N5O/c20-19(25)22-14-10-8-13(9-11-14)17-23-16-7-4-12-21-18(16)24(17)15-5-2-1-3-6-15/h1-12H,(H3,20,22,25). The minimum atomic E-state index is -0.589. The van der Waals surface area contributed by atoms with Crippen molar-refractivity contribution in [3.05, 3.63) is 72.9 Å². The molecule has 0 saturated carbocycles. The largest absolute Gasteiger partial charge is 0.351 e. The lowest BCUT2D eigenvalue weighted by Gasteiger charge is -2.09. The molecule has 2 aromatic heterocycles. The second kappa shape index (κ2) is 6.09. The van der Waals surface area contributed by atoms with Crippen molar-refractivity contribution in [1.82, 2.24) is 14.5 Å². The lowest BCUT2D eigenvalue weighted by molar-refractivity contribution is 0.259. The highest BCUT2D eigenvalue weighted by molar-refractivity contribution is 5.88. The molecule has 0 bridgehead atoms. The summed E-state index contributed by atoms with van der Waals surface area (Å²) < 4.78 is 2.02. The normalized spacial score (nSPS) is 10.7. The first kappa shape index (κ1) is 14.9. The maximum atomic E-state index is 11.0. The molecule has 0 fully saturated rings. The van der Waals surface area contributed by atoms with Gasteiger partial charge in [0.15, 0.2) is 5.65 Å². The maximum Gasteiger partial charge on any atom is 0.316 e. The third-order valence-corrected chi connectivity index (χ3v) is 3.84. The fourth-order valence-corrected chi connectivity index (χ4v) is 2.77. The molecular weight excluding hydrogens is 314 g/mol. The van der Waals surface area contributed by atoms with E-state index >= 15 is 0 Å². The molecule has 6 nitrogen and oxygen atoms in total. The minimum Gasteiger partial charge on any atom is -0.351 e. The molecule has 4 rings (SSSR count). The van der Waals surface area contributed by atoms with Gasteiger partial charge in [0, 0.05) is 23.1 Å². The number of carbonyl (C=O) groups is 1. The SMILES string of the molecule is NC(=O)Nc1ccc(-c2nc3cccnc3n2-c2ccccc2)cc1. The van der Waals surface area contributed by atoms with Gasteiger partial charge in [-0.3, -0.25) is 4.57 Å². The summed E-state index contributed by atoms with van der Waals surface area (Å²) in [5.41, 5.74) is 9.30. The Kier molecular flexibility index (Phi) is 3.63. The van der Waals surface area contributed by atoms with Crippen LogP contribution in [0.1, 0.15) is 0 Å². The van der Waals surface area contributed by atoms with Gasteiger partial charge < -0.3 is 11.1 Å². The van der Waals surface area contributed by atoms with Crippen LogP contribution in [-0.2, 0) is 0 Å². The summed E-state index contributed by atoms with van der Waals surface area (Å²) in [6.45, 7) is 0. The van der Waals surface area contributed by atoms with Crippen LogP contribution >= 0.6 is 0 Å². The second-order valence-electron chi connectivity index (χ2n) is 5.52. The van der Waals surface area contributed by atoms with Crippen molar-refractivity contribution < 1.29 is 4.79 Å². The lowest BCUT2D eigenvalue weighted by atomic mass is 10.2. The summed E-state index contributed by atoms with van der Waals surface area (Å²) in [4.78, 5) is 20.2. The van der Waals surface area contributed by atoms with Crippen LogP contribution in [0.25, 0.3) is 28.2 Å². The Hall–Kier alpha value is -3.67. The number of pyridine rings is 1. The molecule has 3 N–H and O–H groups in total. The smallest absolute Gasteiger partial charge is 0.316 e. The number of nitrogens with zero attached hydrogens (tertiary/aromatic N) is 3. The summed E-state index contributed by atoms with van der Waals surface area (Å²) in [6.07, 6.45) is 1.76. The van der Waals surface area contributed by atoms with E-state index in [2.05, 4.69) is 10.3 Å². The van der Waals surface area contributed by atoms with E-state index in [0.717, 1.165) is 28.2 Å². The molecule has 2 heterocycles. The topological polar surface area (TPSA) is 85.8 Å². The predicted octanol–water partition coefficient (Wildman–Crippen LogP) is 3.58. The van der Waals surface area contributed by atoms with E-state index in [0.29, 0.717) is 5.69 Å². The number of urea groups is 1. The summed E-state index contributed by atoms with van der Waals surface area (Å²) in [7, 11) is 0. The van der Waals surface area contributed by atoms with Crippen LogP contribution < -0.4 is 11.1 Å². The Morgan fingerprint density at radius 3 is 2.44 bits per heavy atom. The highest BCUT2D eigenvalue weighted by atomic mass is 16.2. The quantitative estimate of drug-likeness (QED) is 0.602. The fourth-order valence-electron chi connectivity index (χ4n) is 2.77. The van der Waals surface area contributed by atoms with E-state index in [9.17, 15) is 4.79 Å². The number of primary amides is 1. The summed E-state index contributed by atoms with van der Waals surface area (Å²) in [5, 5.41) is 2.56. The van der Waals surface area contributed by atoms with Crippen molar-refractivity contribution in [2.75, 3.05) is 5.32 Å². The van der Waals surface area contributed by atoms with Gasteiger partial charge in [-0.2, -0.15) is 0 Å². The number of carbonyl (C=O) groups excluding carboxylic acids is 1. The number of benzene rings is 2. The molecule has 4 aromatic rings. The van der Waals surface area contributed by atoms with Crippen molar-refractivity contribution >= 4 is 22.9 Å². The third-order valence-electron chi connectivity index (χ3n) is 3.84. The molecular formula is C19H15N5O. The fraction of sp³-hybridized carbons (Fsp3) is 0. The van der Waals surface area contributed by atoms with Crippen LogP contribution in [-0.4, -0.2) is 20.6 Å². The number of amides is 2. The minimum absolute atomic E-state index is 0.589. The number of hydrogen-bond donors (Lipinski definition) is 2. The van der Waals surface area contributed by atoms with Gasteiger partial charge in [-0.1, -0.05) is 18.2 Å². The Morgan fingerprint density at radius 2 is 1.72 bits per heavy atom. The Labute approximate surface area is 144 Å². The van der Waals surface area contributed by atoms with Crippen LogP contribution in [0.4, 0.5) is 10.5 Å². The van der Waals surface area contributed by atoms with Crippen LogP contribution in [0.2, 0.25) is 0 Å². The number of nitrogens with one attached hydrogen (secondary N) is 1. The van der Waals surface area contributed by atoms with E-state index < -0.39 is 6.03 Å². The molecule has 0 unspecified atom stereocenters. The Bertz CT molecular complexity index is 1040. The van der Waals surface area contributed by atoms with Gasteiger partial charge in [-0.25, -0.2) is 14.8 Å². The number of para-hydroxylation sites is 1. The Balaban J connectivity index is 1.88. The summed E-state index contributed by atoms with van der Waals surface area (Å²) in [6, 6.07) is 20.6. The second-order valence-corrected chi connectivity index (χ2v) is 5.52. The highest BCUT2D eigenvalue weighted by Crippen LogP contribution is 2.28. The van der Waals surface area contributed by atoms with Gasteiger partial charge in [0.2, 0.25) is 0 Å². The summed E-state index contributed by atoms with van der Waals surface area (Å²) >= 11 is 0. The number of anilines is 1. The highest BCUT2D eigenvalue weighted by Gasteiger charge is 2.14. The molecule has 6 heteroatoms. The monoisotopic (exact) mass is 329 g/mol. The maximum absolute atomic E-state index is 11.0. The van der Waals surface area contributed by atoms with E-state index in [1.807, 2.05) is 59.2 Å². The first-order chi connectivity index (χ1) is 12.2. The molecule has 0 aliphatic carbocycles. The first-order valence-electron chi connectivity index (χ1n) is 7.78. The average Bonchev–Trinajstić information content (AvgIpc) is 3.02. The molecule has 0 saturated heterocycles. The number of hydrogen-bond acceptors (Lipinski definition) is 3. The van der Waals surface area contributed by atoms with Gasteiger partial charge in [-0.15, -0.1) is 0 Å². The van der Waals surface area contributed by atoms with Crippen LogP contribution in [0.15, 0.2) is 72.9 Å². The molecule has 25 heavy (non-hydrogen) atoms. The Morgan fingerprint density at radius 1 is 0.960 bits per heavy atom. The van der Waals surface area contributed by atoms with Crippen LogP contribution in [0, 0.1) is 0 Å². The zero-order chi connectivity index (χ0) is 17.2. The predicted molar refractivity (Wildman–Crippen MR) is 97.5 cm³/mol. The number of imidazole rings is 1. The van der Waals surface area contributed by atoms with Crippen molar-refractivity contribution in [3.63, 3.8) is 0 Å². The van der Waals surface area contributed by atoms with Gasteiger partial charge in [-0.05, 0) is 48.5 Å².